The van der Waals surface area contributed by atoms with Crippen molar-refractivity contribution in [3.05, 3.63) is 91.0 Å². The molecule has 0 aromatic heterocycles. The van der Waals surface area contributed by atoms with Crippen LogP contribution in [0.3, 0.4) is 0 Å². The number of carbonyl (C=O) groups is 1. The molecule has 0 saturated heterocycles. The SMILES string of the molecule is C=O.C[P+](c1ccccc1)(c1ccccc1)c1ccccc1.[Br-]. The molecule has 0 atom stereocenters. The van der Waals surface area contributed by atoms with Crippen molar-refractivity contribution in [2.75, 3.05) is 6.66 Å². The average molecular weight is 387 g/mol. The summed E-state index contributed by atoms with van der Waals surface area (Å²) in [6.45, 7) is 4.41. The van der Waals surface area contributed by atoms with Crippen molar-refractivity contribution >= 4 is 30.0 Å². The first kappa shape index (κ1) is 19.3. The molecule has 0 aliphatic heterocycles. The molecule has 0 aliphatic rings. The van der Waals surface area contributed by atoms with E-state index >= 15 is 0 Å². The van der Waals surface area contributed by atoms with Crippen molar-refractivity contribution in [3.8, 4) is 0 Å². The predicted molar refractivity (Wildman–Crippen MR) is 98.2 cm³/mol. The molecule has 0 bridgehead atoms. The van der Waals surface area contributed by atoms with Crippen molar-refractivity contribution in [2.45, 2.75) is 0 Å². The molecule has 0 N–H and O–H groups in total. The Balaban J connectivity index is 0.000000849. The molecule has 23 heavy (non-hydrogen) atoms. The van der Waals surface area contributed by atoms with Crippen LogP contribution in [0.4, 0.5) is 0 Å². The van der Waals surface area contributed by atoms with E-state index in [1.165, 1.54) is 15.9 Å². The van der Waals surface area contributed by atoms with Crippen LogP contribution in [0.1, 0.15) is 0 Å². The van der Waals surface area contributed by atoms with Crippen molar-refractivity contribution in [1.82, 2.24) is 0 Å². The lowest BCUT2D eigenvalue weighted by molar-refractivity contribution is -0.0980. The Bertz CT molecular complexity index is 590. The molecule has 0 saturated carbocycles. The minimum Gasteiger partial charge on any atom is -1.00 e. The van der Waals surface area contributed by atoms with Crippen LogP contribution in [0.2, 0.25) is 0 Å². The van der Waals surface area contributed by atoms with Gasteiger partial charge in [-0.2, -0.15) is 0 Å². The first-order valence-electron chi connectivity index (χ1n) is 7.14. The average Bonchev–Trinajstić information content (AvgIpc) is 2.65. The summed E-state index contributed by atoms with van der Waals surface area (Å²) in [6, 6.07) is 32.6. The summed E-state index contributed by atoms with van der Waals surface area (Å²) < 4.78 is 0. The molecular formula is C20H20BrOP. The second-order valence-corrected chi connectivity index (χ2v) is 8.57. The third-order valence-corrected chi connectivity index (χ3v) is 7.81. The fourth-order valence-electron chi connectivity index (χ4n) is 2.63. The van der Waals surface area contributed by atoms with E-state index in [-0.39, 0.29) is 17.0 Å². The Labute approximate surface area is 149 Å². The number of hydrogen-bond donors (Lipinski definition) is 0. The summed E-state index contributed by atoms with van der Waals surface area (Å²) in [7, 11) is -1.53. The van der Waals surface area contributed by atoms with Crippen LogP contribution in [0, 0.1) is 0 Å². The Morgan fingerprint density at radius 1 is 0.565 bits per heavy atom. The topological polar surface area (TPSA) is 17.1 Å². The van der Waals surface area contributed by atoms with Gasteiger partial charge in [0.1, 0.15) is 30.0 Å². The quantitative estimate of drug-likeness (QED) is 0.596. The summed E-state index contributed by atoms with van der Waals surface area (Å²) in [6.07, 6.45) is 0. The molecular weight excluding hydrogens is 367 g/mol. The van der Waals surface area contributed by atoms with Crippen molar-refractivity contribution < 1.29 is 21.8 Å². The van der Waals surface area contributed by atoms with Gasteiger partial charge >= 0.3 is 0 Å². The van der Waals surface area contributed by atoms with E-state index < -0.39 is 7.26 Å². The van der Waals surface area contributed by atoms with Crippen LogP contribution in [0.25, 0.3) is 0 Å². The zero-order valence-electron chi connectivity index (χ0n) is 13.1. The molecule has 0 spiro atoms. The summed E-state index contributed by atoms with van der Waals surface area (Å²) in [5, 5.41) is 4.28. The van der Waals surface area contributed by atoms with Gasteiger partial charge in [0.25, 0.3) is 0 Å². The minimum atomic E-state index is -1.53. The second-order valence-electron chi connectivity index (χ2n) is 5.01. The van der Waals surface area contributed by atoms with Crippen LogP contribution in [-0.2, 0) is 4.79 Å². The maximum absolute atomic E-state index is 8.00. The molecule has 0 heterocycles. The molecule has 118 valence electrons. The summed E-state index contributed by atoms with van der Waals surface area (Å²) in [5.74, 6) is 0. The van der Waals surface area contributed by atoms with Gasteiger partial charge < -0.3 is 21.8 Å². The van der Waals surface area contributed by atoms with Crippen LogP contribution >= 0.6 is 7.26 Å². The third-order valence-electron chi connectivity index (χ3n) is 3.82. The number of carbonyl (C=O) groups excluding carboxylic acids is 1. The molecule has 3 heteroatoms. The second kappa shape index (κ2) is 9.39. The van der Waals surface area contributed by atoms with Crippen molar-refractivity contribution in [3.63, 3.8) is 0 Å². The Morgan fingerprint density at radius 3 is 1.00 bits per heavy atom. The van der Waals surface area contributed by atoms with Gasteiger partial charge in [0.05, 0.1) is 6.66 Å². The van der Waals surface area contributed by atoms with E-state index in [2.05, 4.69) is 97.7 Å². The lowest BCUT2D eigenvalue weighted by Crippen LogP contribution is -3.00. The molecule has 0 radical (unpaired) electrons. The maximum Gasteiger partial charge on any atom is 0.109 e. The first-order valence-corrected chi connectivity index (χ1v) is 9.37. The summed E-state index contributed by atoms with van der Waals surface area (Å²) in [4.78, 5) is 8.00. The van der Waals surface area contributed by atoms with Crippen LogP contribution in [-0.4, -0.2) is 13.5 Å². The molecule has 0 aliphatic carbocycles. The van der Waals surface area contributed by atoms with E-state index in [0.717, 1.165) is 0 Å². The first-order chi connectivity index (χ1) is 10.8. The summed E-state index contributed by atoms with van der Waals surface area (Å²) >= 11 is 0. The van der Waals surface area contributed by atoms with Gasteiger partial charge in [-0.3, -0.25) is 0 Å². The van der Waals surface area contributed by atoms with E-state index in [4.69, 9.17) is 4.79 Å². The Kier molecular flexibility index (Phi) is 7.88. The van der Waals surface area contributed by atoms with Gasteiger partial charge in [0.2, 0.25) is 0 Å². The zero-order valence-corrected chi connectivity index (χ0v) is 15.6. The highest BCUT2D eigenvalue weighted by Gasteiger charge is 2.39. The molecule has 3 aromatic carbocycles. The monoisotopic (exact) mass is 386 g/mol. The fraction of sp³-hybridized carbons (Fsp3) is 0.0500. The molecule has 3 aromatic rings. The fourth-order valence-corrected chi connectivity index (χ4v) is 5.83. The highest BCUT2D eigenvalue weighted by molar-refractivity contribution is 7.95. The number of rotatable bonds is 3. The maximum atomic E-state index is 8.00. The molecule has 0 fully saturated rings. The number of benzene rings is 3. The van der Waals surface area contributed by atoms with Gasteiger partial charge in [-0.05, 0) is 36.4 Å². The van der Waals surface area contributed by atoms with Crippen LogP contribution in [0.5, 0.6) is 0 Å². The molecule has 1 nitrogen and oxygen atoms in total. The molecule has 0 amide bonds. The summed E-state index contributed by atoms with van der Waals surface area (Å²) in [5.41, 5.74) is 0. The van der Waals surface area contributed by atoms with Gasteiger partial charge in [-0.1, -0.05) is 54.6 Å². The Hall–Kier alpha value is -1.76. The lowest BCUT2D eigenvalue weighted by Gasteiger charge is -2.22. The highest BCUT2D eigenvalue weighted by atomic mass is 79.9. The standard InChI is InChI=1S/C19H18P.CH2O.BrH/c1-20(17-11-5-2-6-12-17,18-13-7-3-8-14-18)19-15-9-4-10-16-19;1-2;/h2-16H,1H3;1H2;1H/q+1;;/p-1. The van der Waals surface area contributed by atoms with E-state index in [0.29, 0.717) is 0 Å². The van der Waals surface area contributed by atoms with E-state index in [9.17, 15) is 0 Å². The van der Waals surface area contributed by atoms with Gasteiger partial charge in [0.15, 0.2) is 0 Å². The van der Waals surface area contributed by atoms with Crippen LogP contribution < -0.4 is 32.9 Å². The third kappa shape index (κ3) is 4.16. The van der Waals surface area contributed by atoms with Crippen LogP contribution in [0.15, 0.2) is 91.0 Å². The van der Waals surface area contributed by atoms with Gasteiger partial charge in [-0.15, -0.1) is 0 Å². The smallest absolute Gasteiger partial charge is 0.109 e. The van der Waals surface area contributed by atoms with Gasteiger partial charge in [0, 0.05) is 0 Å². The largest absolute Gasteiger partial charge is 1.00 e. The molecule has 0 unspecified atom stereocenters. The van der Waals surface area contributed by atoms with Crippen molar-refractivity contribution in [2.24, 2.45) is 0 Å². The normalized spacial score (nSPS) is 9.96. The zero-order chi connectivity index (χ0) is 15.8. The van der Waals surface area contributed by atoms with Gasteiger partial charge in [-0.25, -0.2) is 0 Å². The number of halogens is 1. The van der Waals surface area contributed by atoms with E-state index in [1.54, 1.807) is 0 Å². The molecule has 3 rings (SSSR count). The van der Waals surface area contributed by atoms with Crippen molar-refractivity contribution in [1.29, 1.82) is 0 Å². The lowest BCUT2D eigenvalue weighted by atomic mass is 10.4. The minimum absolute atomic E-state index is 0. The number of hydrogen-bond acceptors (Lipinski definition) is 1. The van der Waals surface area contributed by atoms with E-state index in [1.807, 2.05) is 6.79 Å². The predicted octanol–water partition coefficient (Wildman–Crippen LogP) is 0.429. The Morgan fingerprint density at radius 2 is 0.783 bits per heavy atom. The highest BCUT2D eigenvalue weighted by Crippen LogP contribution is 2.51.